The topological polar surface area (TPSA) is 54.2 Å². The van der Waals surface area contributed by atoms with E-state index in [0.717, 1.165) is 43.6 Å². The third-order valence-corrected chi connectivity index (χ3v) is 3.65. The van der Waals surface area contributed by atoms with Crippen LogP contribution in [0.3, 0.4) is 0 Å². The molecule has 1 aliphatic heterocycles. The second kappa shape index (κ2) is 6.29. The van der Waals surface area contributed by atoms with Gasteiger partial charge in [-0.15, -0.1) is 0 Å². The summed E-state index contributed by atoms with van der Waals surface area (Å²) in [7, 11) is 4.10. The first kappa shape index (κ1) is 13.5. The summed E-state index contributed by atoms with van der Waals surface area (Å²) in [4.78, 5) is 6.63. The van der Waals surface area contributed by atoms with Crippen molar-refractivity contribution in [1.29, 1.82) is 0 Å². The SMILES string of the molecule is CCC1CCNC(c2nc(CCN(C)C)no2)C1. The summed E-state index contributed by atoms with van der Waals surface area (Å²) in [6.45, 7) is 4.26. The molecule has 1 N–H and O–H groups in total. The standard InChI is InChI=1S/C13H24N4O/c1-4-10-5-7-14-11(9-10)13-15-12(16-18-13)6-8-17(2)3/h10-11,14H,4-9H2,1-3H3. The first-order valence-corrected chi connectivity index (χ1v) is 6.89. The number of hydrogen-bond acceptors (Lipinski definition) is 5. The molecule has 0 spiro atoms. The first-order valence-electron chi connectivity index (χ1n) is 6.89. The predicted octanol–water partition coefficient (Wildman–Crippen LogP) is 1.62. The average molecular weight is 252 g/mol. The van der Waals surface area contributed by atoms with Crippen molar-refractivity contribution in [1.82, 2.24) is 20.4 Å². The van der Waals surface area contributed by atoms with Crippen LogP contribution in [0.2, 0.25) is 0 Å². The smallest absolute Gasteiger partial charge is 0.243 e. The van der Waals surface area contributed by atoms with Gasteiger partial charge in [0.2, 0.25) is 5.89 Å². The normalized spacial score (nSPS) is 24.7. The van der Waals surface area contributed by atoms with Crippen molar-refractivity contribution >= 4 is 0 Å². The number of nitrogens with one attached hydrogen (secondary N) is 1. The van der Waals surface area contributed by atoms with Gasteiger partial charge in [0, 0.05) is 13.0 Å². The molecule has 5 heteroatoms. The zero-order valence-electron chi connectivity index (χ0n) is 11.6. The third kappa shape index (κ3) is 3.53. The summed E-state index contributed by atoms with van der Waals surface area (Å²) in [6, 6.07) is 0.254. The van der Waals surface area contributed by atoms with E-state index in [1.807, 2.05) is 0 Å². The number of aromatic nitrogens is 2. The van der Waals surface area contributed by atoms with Crippen LogP contribution in [-0.2, 0) is 6.42 Å². The van der Waals surface area contributed by atoms with Gasteiger partial charge in [0.1, 0.15) is 0 Å². The Hall–Kier alpha value is -0.940. The van der Waals surface area contributed by atoms with E-state index in [9.17, 15) is 0 Å². The average Bonchev–Trinajstić information content (AvgIpc) is 2.85. The Labute approximate surface area is 109 Å². The van der Waals surface area contributed by atoms with Gasteiger partial charge in [-0.05, 0) is 39.4 Å². The molecule has 0 bridgehead atoms. The summed E-state index contributed by atoms with van der Waals surface area (Å²) >= 11 is 0. The Morgan fingerprint density at radius 1 is 1.44 bits per heavy atom. The summed E-state index contributed by atoms with van der Waals surface area (Å²) < 4.78 is 5.39. The molecule has 102 valence electrons. The number of piperidine rings is 1. The van der Waals surface area contributed by atoms with Crippen molar-refractivity contribution in [2.45, 2.75) is 38.6 Å². The van der Waals surface area contributed by atoms with Gasteiger partial charge in [0.25, 0.3) is 0 Å². The van der Waals surface area contributed by atoms with E-state index < -0.39 is 0 Å². The van der Waals surface area contributed by atoms with Gasteiger partial charge in [-0.3, -0.25) is 0 Å². The van der Waals surface area contributed by atoms with E-state index in [4.69, 9.17) is 4.52 Å². The summed E-state index contributed by atoms with van der Waals surface area (Å²) in [5.41, 5.74) is 0. The maximum atomic E-state index is 5.39. The zero-order valence-corrected chi connectivity index (χ0v) is 11.6. The molecule has 0 aromatic carbocycles. The molecule has 1 saturated heterocycles. The minimum absolute atomic E-state index is 0.254. The van der Waals surface area contributed by atoms with Crippen molar-refractivity contribution in [2.24, 2.45) is 5.92 Å². The zero-order chi connectivity index (χ0) is 13.0. The lowest BCUT2D eigenvalue weighted by Crippen LogP contribution is -2.31. The molecule has 2 atom stereocenters. The van der Waals surface area contributed by atoms with Gasteiger partial charge < -0.3 is 14.7 Å². The van der Waals surface area contributed by atoms with Gasteiger partial charge in [-0.25, -0.2) is 0 Å². The minimum atomic E-state index is 0.254. The highest BCUT2D eigenvalue weighted by Gasteiger charge is 2.25. The molecule has 1 fully saturated rings. The van der Waals surface area contributed by atoms with Crippen molar-refractivity contribution in [3.05, 3.63) is 11.7 Å². The number of hydrogen-bond donors (Lipinski definition) is 1. The lowest BCUT2D eigenvalue weighted by Gasteiger charge is -2.27. The maximum absolute atomic E-state index is 5.39. The molecule has 0 radical (unpaired) electrons. The fraction of sp³-hybridized carbons (Fsp3) is 0.846. The molecule has 0 aliphatic carbocycles. The molecule has 18 heavy (non-hydrogen) atoms. The number of nitrogens with zero attached hydrogens (tertiary/aromatic N) is 3. The molecule has 0 saturated carbocycles. The van der Waals surface area contributed by atoms with Gasteiger partial charge in [-0.2, -0.15) is 4.98 Å². The van der Waals surface area contributed by atoms with Gasteiger partial charge in [0.15, 0.2) is 5.82 Å². The molecule has 5 nitrogen and oxygen atoms in total. The molecular formula is C13H24N4O. The molecular weight excluding hydrogens is 228 g/mol. The van der Waals surface area contributed by atoms with Crippen LogP contribution in [-0.4, -0.2) is 42.2 Å². The lowest BCUT2D eigenvalue weighted by atomic mass is 9.90. The maximum Gasteiger partial charge on any atom is 0.243 e. The molecule has 1 aliphatic rings. The molecule has 2 unspecified atom stereocenters. The van der Waals surface area contributed by atoms with Gasteiger partial charge in [-0.1, -0.05) is 18.5 Å². The van der Waals surface area contributed by atoms with E-state index in [-0.39, 0.29) is 6.04 Å². The third-order valence-electron chi connectivity index (χ3n) is 3.65. The lowest BCUT2D eigenvalue weighted by molar-refractivity contribution is 0.245. The molecule has 2 heterocycles. The Morgan fingerprint density at radius 2 is 2.28 bits per heavy atom. The van der Waals surface area contributed by atoms with Crippen LogP contribution in [0.5, 0.6) is 0 Å². The summed E-state index contributed by atoms with van der Waals surface area (Å²) in [6.07, 6.45) is 4.46. The monoisotopic (exact) mass is 252 g/mol. The Kier molecular flexibility index (Phi) is 4.72. The highest BCUT2D eigenvalue weighted by atomic mass is 16.5. The van der Waals surface area contributed by atoms with Crippen LogP contribution < -0.4 is 5.32 Å². The predicted molar refractivity (Wildman–Crippen MR) is 70.3 cm³/mol. The Morgan fingerprint density at radius 3 is 3.00 bits per heavy atom. The van der Waals surface area contributed by atoms with E-state index in [0.29, 0.717) is 0 Å². The second-order valence-corrected chi connectivity index (χ2v) is 5.41. The van der Waals surface area contributed by atoms with Crippen molar-refractivity contribution < 1.29 is 4.52 Å². The Bertz CT molecular complexity index is 364. The van der Waals surface area contributed by atoms with E-state index in [2.05, 4.69) is 41.4 Å². The summed E-state index contributed by atoms with van der Waals surface area (Å²) in [5.74, 6) is 2.37. The van der Waals surface area contributed by atoms with E-state index in [1.54, 1.807) is 0 Å². The van der Waals surface area contributed by atoms with Crippen LogP contribution in [0.4, 0.5) is 0 Å². The molecule has 0 amide bonds. The largest absolute Gasteiger partial charge is 0.338 e. The van der Waals surface area contributed by atoms with E-state index in [1.165, 1.54) is 12.8 Å². The van der Waals surface area contributed by atoms with Crippen LogP contribution in [0.15, 0.2) is 4.52 Å². The van der Waals surface area contributed by atoms with Crippen LogP contribution in [0, 0.1) is 5.92 Å². The Balaban J connectivity index is 1.92. The van der Waals surface area contributed by atoms with Crippen LogP contribution >= 0.6 is 0 Å². The van der Waals surface area contributed by atoms with Crippen molar-refractivity contribution in [3.63, 3.8) is 0 Å². The van der Waals surface area contributed by atoms with Gasteiger partial charge >= 0.3 is 0 Å². The number of rotatable bonds is 5. The molecule has 1 aromatic rings. The quantitative estimate of drug-likeness (QED) is 0.863. The highest BCUT2D eigenvalue weighted by Crippen LogP contribution is 2.27. The fourth-order valence-electron chi connectivity index (χ4n) is 2.39. The first-order chi connectivity index (χ1) is 8.69. The highest BCUT2D eigenvalue weighted by molar-refractivity contribution is 4.96. The van der Waals surface area contributed by atoms with Crippen LogP contribution in [0.1, 0.15) is 43.9 Å². The second-order valence-electron chi connectivity index (χ2n) is 5.41. The molecule has 1 aromatic heterocycles. The minimum Gasteiger partial charge on any atom is -0.338 e. The fourth-order valence-corrected chi connectivity index (χ4v) is 2.39. The van der Waals surface area contributed by atoms with E-state index >= 15 is 0 Å². The van der Waals surface area contributed by atoms with Crippen LogP contribution in [0.25, 0.3) is 0 Å². The molecule has 2 rings (SSSR count). The van der Waals surface area contributed by atoms with Gasteiger partial charge in [0.05, 0.1) is 6.04 Å². The van der Waals surface area contributed by atoms with Crippen molar-refractivity contribution in [2.75, 3.05) is 27.2 Å². The summed E-state index contributed by atoms with van der Waals surface area (Å²) in [5, 5.41) is 7.53. The number of likely N-dealkylation sites (N-methyl/N-ethyl adjacent to an activating group) is 1. The van der Waals surface area contributed by atoms with Crippen molar-refractivity contribution in [3.8, 4) is 0 Å².